The molecule has 216 valence electrons. The largest absolute Gasteiger partial charge is 0.481 e. The van der Waals surface area contributed by atoms with Crippen molar-refractivity contribution in [2.45, 2.75) is 71.3 Å². The van der Waals surface area contributed by atoms with E-state index < -0.39 is 35.4 Å². The Labute approximate surface area is 230 Å². The first kappa shape index (κ1) is 31.0. The molecule has 0 fully saturated rings. The summed E-state index contributed by atoms with van der Waals surface area (Å²) in [5.41, 5.74) is 0.423. The Bertz CT molecular complexity index is 1300. The summed E-state index contributed by atoms with van der Waals surface area (Å²) in [6.45, 7) is 7.59. The molecule has 0 amide bonds. The smallest absolute Gasteiger partial charge is 0.416 e. The average molecular weight is 566 g/mol. The normalized spacial score (nSPS) is 13.8. The minimum atomic E-state index is -4.56. The van der Waals surface area contributed by atoms with E-state index in [1.165, 1.54) is 18.2 Å². The van der Waals surface area contributed by atoms with E-state index in [0.717, 1.165) is 30.7 Å². The van der Waals surface area contributed by atoms with E-state index >= 15 is 0 Å². The molecule has 0 saturated heterocycles. The summed E-state index contributed by atoms with van der Waals surface area (Å²) in [7, 11) is 0. The molecule has 0 radical (unpaired) electrons. The molecule has 0 aliphatic rings. The fourth-order valence-electron chi connectivity index (χ4n) is 4.88. The van der Waals surface area contributed by atoms with Crippen LogP contribution >= 0.6 is 0 Å². The van der Waals surface area contributed by atoms with Gasteiger partial charge in [-0.25, -0.2) is 0 Å². The van der Waals surface area contributed by atoms with Crippen LogP contribution in [0.2, 0.25) is 0 Å². The maximum atomic E-state index is 13.6. The van der Waals surface area contributed by atoms with E-state index in [4.69, 9.17) is 0 Å². The van der Waals surface area contributed by atoms with Crippen LogP contribution < -0.4 is 4.90 Å². The molecule has 3 nitrogen and oxygen atoms in total. The van der Waals surface area contributed by atoms with E-state index in [-0.39, 0.29) is 17.6 Å². The Morgan fingerprint density at radius 1 is 0.800 bits per heavy atom. The maximum absolute atomic E-state index is 13.6. The first-order valence-corrected chi connectivity index (χ1v) is 13.1. The Kier molecular flexibility index (Phi) is 9.59. The van der Waals surface area contributed by atoms with Crippen LogP contribution in [0.3, 0.4) is 0 Å². The monoisotopic (exact) mass is 565 g/mol. The van der Waals surface area contributed by atoms with Crippen LogP contribution in [0.25, 0.3) is 11.1 Å². The molecule has 0 bridgehead atoms. The highest BCUT2D eigenvalue weighted by atomic mass is 19.4. The van der Waals surface area contributed by atoms with Gasteiger partial charge in [0.15, 0.2) is 0 Å². The third-order valence-electron chi connectivity index (χ3n) is 6.77. The minimum Gasteiger partial charge on any atom is -0.481 e. The van der Waals surface area contributed by atoms with Gasteiger partial charge in [0.25, 0.3) is 0 Å². The van der Waals surface area contributed by atoms with Gasteiger partial charge in [-0.15, -0.1) is 0 Å². The highest BCUT2D eigenvalue weighted by Crippen LogP contribution is 2.40. The molecule has 0 saturated carbocycles. The predicted molar refractivity (Wildman–Crippen MR) is 145 cm³/mol. The molecule has 2 unspecified atom stereocenters. The number of carboxylic acid groups (broad SMARTS) is 1. The summed E-state index contributed by atoms with van der Waals surface area (Å²) in [6.07, 6.45) is -7.40. The lowest BCUT2D eigenvalue weighted by Gasteiger charge is -2.33. The van der Waals surface area contributed by atoms with E-state index in [1.54, 1.807) is 29.2 Å². The van der Waals surface area contributed by atoms with Gasteiger partial charge in [0.2, 0.25) is 0 Å². The van der Waals surface area contributed by atoms with Crippen LogP contribution in [0.5, 0.6) is 0 Å². The highest BCUT2D eigenvalue weighted by molar-refractivity contribution is 5.80. The lowest BCUT2D eigenvalue weighted by molar-refractivity contribution is -0.139. The molecule has 0 aromatic heterocycles. The molecule has 40 heavy (non-hydrogen) atoms. The minimum absolute atomic E-state index is 0.0258. The molecule has 3 aromatic rings. The number of benzene rings is 3. The van der Waals surface area contributed by atoms with Crippen molar-refractivity contribution < 1.29 is 36.2 Å². The topological polar surface area (TPSA) is 40.5 Å². The first-order chi connectivity index (χ1) is 18.6. The van der Waals surface area contributed by atoms with Crippen LogP contribution in [0.1, 0.15) is 69.6 Å². The first-order valence-electron chi connectivity index (χ1n) is 13.1. The third kappa shape index (κ3) is 7.58. The van der Waals surface area contributed by atoms with Crippen molar-refractivity contribution in [2.24, 2.45) is 5.92 Å². The lowest BCUT2D eigenvalue weighted by atomic mass is 9.87. The second kappa shape index (κ2) is 12.4. The number of halogens is 6. The van der Waals surface area contributed by atoms with Gasteiger partial charge in [-0.05, 0) is 84.8 Å². The SMILES string of the molecule is CCCC(C)N(c1cc(-c2ccc(C(F)(F)F)cc2)cc(C(CC(C)C)C(=O)O)c1)c1cccc(C(F)(F)F)c1. The summed E-state index contributed by atoms with van der Waals surface area (Å²) in [5.74, 6) is -1.95. The summed E-state index contributed by atoms with van der Waals surface area (Å²) in [5, 5.41) is 10.1. The second-order valence-corrected chi connectivity index (χ2v) is 10.5. The van der Waals surface area contributed by atoms with Crippen molar-refractivity contribution >= 4 is 17.3 Å². The number of alkyl halides is 6. The highest BCUT2D eigenvalue weighted by Gasteiger charge is 2.32. The molecule has 3 aromatic carbocycles. The van der Waals surface area contributed by atoms with Crippen molar-refractivity contribution in [3.63, 3.8) is 0 Å². The van der Waals surface area contributed by atoms with Gasteiger partial charge >= 0.3 is 18.3 Å². The molecular formula is C31H33F6NO2. The average Bonchev–Trinajstić information content (AvgIpc) is 2.86. The second-order valence-electron chi connectivity index (χ2n) is 10.5. The molecule has 3 rings (SSSR count). The van der Waals surface area contributed by atoms with E-state index in [1.807, 2.05) is 27.7 Å². The van der Waals surface area contributed by atoms with Crippen molar-refractivity contribution in [1.82, 2.24) is 0 Å². The van der Waals surface area contributed by atoms with Crippen LogP contribution in [0.15, 0.2) is 66.7 Å². The number of hydrogen-bond acceptors (Lipinski definition) is 2. The van der Waals surface area contributed by atoms with Gasteiger partial charge < -0.3 is 10.0 Å². The van der Waals surface area contributed by atoms with Crippen molar-refractivity contribution in [2.75, 3.05) is 4.90 Å². The number of nitrogens with zero attached hydrogens (tertiary/aromatic N) is 1. The lowest BCUT2D eigenvalue weighted by Crippen LogP contribution is -2.29. The molecular weight excluding hydrogens is 532 g/mol. The summed E-state index contributed by atoms with van der Waals surface area (Å²) in [4.78, 5) is 14.1. The molecule has 0 spiro atoms. The van der Waals surface area contributed by atoms with Crippen LogP contribution in [0.4, 0.5) is 37.7 Å². The Morgan fingerprint density at radius 3 is 1.95 bits per heavy atom. The van der Waals surface area contributed by atoms with Crippen LogP contribution in [-0.2, 0) is 17.1 Å². The van der Waals surface area contributed by atoms with Crippen LogP contribution in [0, 0.1) is 5.92 Å². The van der Waals surface area contributed by atoms with Gasteiger partial charge in [0, 0.05) is 17.4 Å². The quantitative estimate of drug-likeness (QED) is 0.249. The van der Waals surface area contributed by atoms with E-state index in [9.17, 15) is 36.2 Å². The Hall–Kier alpha value is -3.49. The zero-order valence-corrected chi connectivity index (χ0v) is 22.8. The summed E-state index contributed by atoms with van der Waals surface area (Å²) in [6, 6.07) is 14.2. The van der Waals surface area contributed by atoms with E-state index in [2.05, 4.69) is 0 Å². The summed E-state index contributed by atoms with van der Waals surface area (Å²) < 4.78 is 80.4. The van der Waals surface area contributed by atoms with E-state index in [0.29, 0.717) is 35.2 Å². The number of carboxylic acids is 1. The van der Waals surface area contributed by atoms with Crippen molar-refractivity contribution in [3.8, 4) is 11.1 Å². The standard InChI is InChI=1S/C31H33F6NO2/c1-5-7-20(4)38(26-9-6-8-25(18-26)31(35,36)37)27-16-22(21-10-12-24(13-11-21)30(32,33)34)15-23(17-27)28(29(39)40)14-19(2)3/h6,8-13,15-20,28H,5,7,14H2,1-4H3,(H,39,40). The van der Waals surface area contributed by atoms with Crippen LogP contribution in [-0.4, -0.2) is 17.1 Å². The number of rotatable bonds is 10. The Balaban J connectivity index is 2.28. The van der Waals surface area contributed by atoms with Gasteiger partial charge in [0.05, 0.1) is 17.0 Å². The maximum Gasteiger partial charge on any atom is 0.416 e. The number of carbonyl (C=O) groups is 1. The predicted octanol–water partition coefficient (Wildman–Crippen LogP) is 9.93. The van der Waals surface area contributed by atoms with Gasteiger partial charge in [0.1, 0.15) is 0 Å². The zero-order valence-electron chi connectivity index (χ0n) is 22.8. The summed E-state index contributed by atoms with van der Waals surface area (Å²) >= 11 is 0. The van der Waals surface area contributed by atoms with Gasteiger partial charge in [-0.2, -0.15) is 26.3 Å². The fourth-order valence-corrected chi connectivity index (χ4v) is 4.88. The molecule has 0 heterocycles. The fraction of sp³-hybridized carbons (Fsp3) is 0.387. The third-order valence-corrected chi connectivity index (χ3v) is 6.77. The molecule has 0 aliphatic carbocycles. The number of aliphatic carboxylic acids is 1. The molecule has 0 aliphatic heterocycles. The molecule has 1 N–H and O–H groups in total. The van der Waals surface area contributed by atoms with Gasteiger partial charge in [-0.3, -0.25) is 4.79 Å². The number of hydrogen-bond donors (Lipinski definition) is 1. The van der Waals surface area contributed by atoms with Crippen molar-refractivity contribution in [1.29, 1.82) is 0 Å². The number of anilines is 2. The molecule has 9 heteroatoms. The Morgan fingerprint density at radius 2 is 1.43 bits per heavy atom. The zero-order chi connectivity index (χ0) is 29.8. The van der Waals surface area contributed by atoms with Crippen molar-refractivity contribution in [3.05, 3.63) is 83.4 Å². The molecule has 2 atom stereocenters. The van der Waals surface area contributed by atoms with Gasteiger partial charge in [-0.1, -0.05) is 51.5 Å².